The zero-order chi connectivity index (χ0) is 13.8. The van der Waals surface area contributed by atoms with E-state index in [9.17, 15) is 9.90 Å². The molecule has 0 spiro atoms. The summed E-state index contributed by atoms with van der Waals surface area (Å²) in [4.78, 5) is 13.2. The maximum atomic E-state index is 11.3. The van der Waals surface area contributed by atoms with E-state index in [-0.39, 0.29) is 11.9 Å². The molecule has 1 aliphatic rings. The molecule has 0 aromatic heterocycles. The van der Waals surface area contributed by atoms with E-state index in [1.807, 2.05) is 17.0 Å². The predicted octanol–water partition coefficient (Wildman–Crippen LogP) is 2.05. The van der Waals surface area contributed by atoms with Crippen LogP contribution in [0.15, 0.2) is 24.3 Å². The van der Waals surface area contributed by atoms with E-state index in [1.165, 1.54) is 0 Å². The Balaban J connectivity index is 1.87. The maximum Gasteiger partial charge on any atom is 0.219 e. The van der Waals surface area contributed by atoms with Gasteiger partial charge in [0, 0.05) is 32.1 Å². The lowest BCUT2D eigenvalue weighted by Crippen LogP contribution is -2.44. The topological polar surface area (TPSA) is 52.6 Å². The lowest BCUT2D eigenvalue weighted by atomic mass is 10.0. The van der Waals surface area contributed by atoms with Crippen LogP contribution in [0.5, 0.6) is 5.75 Å². The highest BCUT2D eigenvalue weighted by molar-refractivity contribution is 5.73. The van der Waals surface area contributed by atoms with Crippen LogP contribution in [0.3, 0.4) is 0 Å². The van der Waals surface area contributed by atoms with Gasteiger partial charge < -0.3 is 15.3 Å². The van der Waals surface area contributed by atoms with Crippen LogP contribution in [0.4, 0.5) is 0 Å². The Morgan fingerprint density at radius 2 is 2.11 bits per heavy atom. The molecular formula is C15H22N2O2. The van der Waals surface area contributed by atoms with Crippen LogP contribution < -0.4 is 5.32 Å². The molecule has 1 amide bonds. The summed E-state index contributed by atoms with van der Waals surface area (Å²) in [6.45, 7) is 5.40. The zero-order valence-corrected chi connectivity index (χ0v) is 11.6. The highest BCUT2D eigenvalue weighted by Gasteiger charge is 2.21. The normalized spacial score (nSPS) is 18.3. The van der Waals surface area contributed by atoms with E-state index >= 15 is 0 Å². The lowest BCUT2D eigenvalue weighted by molar-refractivity contribution is -0.129. The second-order valence-electron chi connectivity index (χ2n) is 5.26. The number of amides is 1. The molecule has 1 atom stereocenters. The Morgan fingerprint density at radius 3 is 2.68 bits per heavy atom. The monoisotopic (exact) mass is 262 g/mol. The summed E-state index contributed by atoms with van der Waals surface area (Å²) in [6.07, 6.45) is 1.98. The minimum atomic E-state index is 0.166. The van der Waals surface area contributed by atoms with Crippen LogP contribution in [0, 0.1) is 0 Å². The molecule has 1 unspecified atom stereocenters. The quantitative estimate of drug-likeness (QED) is 0.876. The Morgan fingerprint density at radius 1 is 1.42 bits per heavy atom. The fourth-order valence-electron chi connectivity index (χ4n) is 2.60. The van der Waals surface area contributed by atoms with Gasteiger partial charge in [0.2, 0.25) is 5.91 Å². The zero-order valence-electron chi connectivity index (χ0n) is 11.6. The summed E-state index contributed by atoms with van der Waals surface area (Å²) >= 11 is 0. The van der Waals surface area contributed by atoms with Gasteiger partial charge in [0.25, 0.3) is 0 Å². The predicted molar refractivity (Wildman–Crippen MR) is 74.9 cm³/mol. The number of carbonyl (C=O) groups is 1. The molecule has 0 saturated carbocycles. The fraction of sp³-hybridized carbons (Fsp3) is 0.533. The van der Waals surface area contributed by atoms with Crippen LogP contribution in [0.2, 0.25) is 0 Å². The van der Waals surface area contributed by atoms with Crippen molar-refractivity contribution in [1.82, 2.24) is 10.2 Å². The molecule has 4 nitrogen and oxygen atoms in total. The van der Waals surface area contributed by atoms with Crippen molar-refractivity contribution in [2.45, 2.75) is 38.8 Å². The van der Waals surface area contributed by atoms with Gasteiger partial charge in [-0.2, -0.15) is 0 Å². The van der Waals surface area contributed by atoms with Gasteiger partial charge in [0.15, 0.2) is 0 Å². The number of likely N-dealkylation sites (tertiary alicyclic amines) is 1. The summed E-state index contributed by atoms with van der Waals surface area (Å²) in [5.74, 6) is 0.469. The minimum absolute atomic E-state index is 0.166. The summed E-state index contributed by atoms with van der Waals surface area (Å²) in [5, 5.41) is 13.1. The van der Waals surface area contributed by atoms with Crippen molar-refractivity contribution in [2.75, 3.05) is 13.1 Å². The number of piperidine rings is 1. The summed E-state index contributed by atoms with van der Waals surface area (Å²) in [5.41, 5.74) is 1.09. The summed E-state index contributed by atoms with van der Waals surface area (Å²) in [7, 11) is 0. The van der Waals surface area contributed by atoms with Crippen LogP contribution in [0.25, 0.3) is 0 Å². The highest BCUT2D eigenvalue weighted by atomic mass is 16.3. The SMILES string of the molecule is CC(=O)N1CCC(NC(C)c2cccc(O)c2)CC1. The Kier molecular flexibility index (Phi) is 4.43. The molecule has 4 heteroatoms. The average molecular weight is 262 g/mol. The molecule has 19 heavy (non-hydrogen) atoms. The van der Waals surface area contributed by atoms with Crippen molar-refractivity contribution in [3.63, 3.8) is 0 Å². The minimum Gasteiger partial charge on any atom is -0.508 e. The second kappa shape index (κ2) is 6.06. The molecule has 1 aromatic carbocycles. The molecule has 0 aliphatic carbocycles. The highest BCUT2D eigenvalue weighted by Crippen LogP contribution is 2.20. The van der Waals surface area contributed by atoms with Crippen molar-refractivity contribution < 1.29 is 9.90 Å². The lowest BCUT2D eigenvalue weighted by Gasteiger charge is -2.33. The standard InChI is InChI=1S/C15H22N2O2/c1-11(13-4-3-5-15(19)10-13)16-14-6-8-17(9-7-14)12(2)18/h3-5,10-11,14,16,19H,6-9H2,1-2H3. The van der Waals surface area contributed by atoms with Gasteiger partial charge in [-0.05, 0) is 37.5 Å². The van der Waals surface area contributed by atoms with Crippen molar-refractivity contribution >= 4 is 5.91 Å². The first-order chi connectivity index (χ1) is 9.06. The van der Waals surface area contributed by atoms with Gasteiger partial charge in [-0.3, -0.25) is 4.79 Å². The van der Waals surface area contributed by atoms with Crippen LogP contribution in [0.1, 0.15) is 38.3 Å². The summed E-state index contributed by atoms with van der Waals surface area (Å²) < 4.78 is 0. The first kappa shape index (κ1) is 13.9. The van der Waals surface area contributed by atoms with E-state index in [4.69, 9.17) is 0 Å². The molecule has 0 radical (unpaired) electrons. The van der Waals surface area contributed by atoms with E-state index < -0.39 is 0 Å². The molecular weight excluding hydrogens is 240 g/mol. The Hall–Kier alpha value is -1.55. The van der Waals surface area contributed by atoms with Gasteiger partial charge in [0.1, 0.15) is 5.75 Å². The van der Waals surface area contributed by atoms with Gasteiger partial charge >= 0.3 is 0 Å². The largest absolute Gasteiger partial charge is 0.508 e. The smallest absolute Gasteiger partial charge is 0.219 e. The number of nitrogens with zero attached hydrogens (tertiary/aromatic N) is 1. The van der Waals surface area contributed by atoms with Gasteiger partial charge in [-0.25, -0.2) is 0 Å². The number of nitrogens with one attached hydrogen (secondary N) is 1. The van der Waals surface area contributed by atoms with Crippen LogP contribution >= 0.6 is 0 Å². The summed E-state index contributed by atoms with van der Waals surface area (Å²) in [6, 6.07) is 8.00. The molecule has 104 valence electrons. The molecule has 1 aliphatic heterocycles. The van der Waals surface area contributed by atoms with Gasteiger partial charge in [-0.1, -0.05) is 12.1 Å². The van der Waals surface area contributed by atoms with Crippen LogP contribution in [-0.4, -0.2) is 35.0 Å². The second-order valence-corrected chi connectivity index (χ2v) is 5.26. The molecule has 1 saturated heterocycles. The molecule has 2 rings (SSSR count). The molecule has 1 fully saturated rings. The maximum absolute atomic E-state index is 11.3. The number of rotatable bonds is 3. The third-order valence-corrected chi connectivity index (χ3v) is 3.80. The van der Waals surface area contributed by atoms with Crippen molar-refractivity contribution in [2.24, 2.45) is 0 Å². The van der Waals surface area contributed by atoms with Crippen molar-refractivity contribution in [1.29, 1.82) is 0 Å². The molecule has 1 heterocycles. The number of aromatic hydroxyl groups is 1. The number of hydrogen-bond acceptors (Lipinski definition) is 3. The number of hydrogen-bond donors (Lipinski definition) is 2. The van der Waals surface area contributed by atoms with E-state index in [1.54, 1.807) is 19.1 Å². The third kappa shape index (κ3) is 3.70. The fourth-order valence-corrected chi connectivity index (χ4v) is 2.60. The van der Waals surface area contributed by atoms with E-state index in [0.717, 1.165) is 31.5 Å². The third-order valence-electron chi connectivity index (χ3n) is 3.80. The molecule has 2 N–H and O–H groups in total. The van der Waals surface area contributed by atoms with Crippen molar-refractivity contribution in [3.05, 3.63) is 29.8 Å². The number of carbonyl (C=O) groups excluding carboxylic acids is 1. The Labute approximate surface area is 114 Å². The van der Waals surface area contributed by atoms with E-state index in [2.05, 4.69) is 12.2 Å². The van der Waals surface area contributed by atoms with E-state index in [0.29, 0.717) is 11.8 Å². The van der Waals surface area contributed by atoms with Gasteiger partial charge in [0.05, 0.1) is 0 Å². The number of benzene rings is 1. The number of phenols is 1. The average Bonchev–Trinajstić information content (AvgIpc) is 2.39. The molecule has 1 aromatic rings. The van der Waals surface area contributed by atoms with Gasteiger partial charge in [-0.15, -0.1) is 0 Å². The molecule has 0 bridgehead atoms. The van der Waals surface area contributed by atoms with Crippen molar-refractivity contribution in [3.8, 4) is 5.75 Å². The first-order valence-electron chi connectivity index (χ1n) is 6.87. The van der Waals surface area contributed by atoms with Crippen LogP contribution in [-0.2, 0) is 4.79 Å². The first-order valence-corrected chi connectivity index (χ1v) is 6.87. The number of phenolic OH excluding ortho intramolecular Hbond substituents is 1. The Bertz CT molecular complexity index is 440.